The van der Waals surface area contributed by atoms with Gasteiger partial charge in [-0.05, 0) is 56.2 Å². The van der Waals surface area contributed by atoms with E-state index in [0.717, 1.165) is 22.5 Å². The zero-order chi connectivity index (χ0) is 26.5. The number of nitrogens with one attached hydrogen (secondary N) is 2. The minimum atomic E-state index is -0.771. The highest BCUT2D eigenvalue weighted by molar-refractivity contribution is 7.09. The molecule has 0 unspecified atom stereocenters. The Morgan fingerprint density at radius 2 is 1.58 bits per heavy atom. The van der Waals surface area contributed by atoms with Crippen molar-refractivity contribution in [2.45, 2.75) is 45.3 Å². The molecule has 0 aliphatic carbocycles. The fourth-order valence-electron chi connectivity index (χ4n) is 3.36. The molecule has 0 aliphatic heterocycles. The van der Waals surface area contributed by atoms with Gasteiger partial charge in [-0.15, -0.1) is 0 Å². The Morgan fingerprint density at radius 1 is 1.03 bits per heavy atom. The first-order valence-corrected chi connectivity index (χ1v) is 12.2. The second-order valence-corrected chi connectivity index (χ2v) is 10.6. The van der Waals surface area contributed by atoms with Gasteiger partial charge in [-0.2, -0.15) is 0 Å². The summed E-state index contributed by atoms with van der Waals surface area (Å²) >= 11 is 0.984. The van der Waals surface area contributed by atoms with Gasteiger partial charge in [0, 0.05) is 26.9 Å². The molecule has 0 radical (unpaired) electrons. The summed E-state index contributed by atoms with van der Waals surface area (Å²) in [6.45, 7) is 5.29. The number of ether oxygens (including phenoxy) is 2. The minimum absolute atomic E-state index is 0.0961. The number of nitrogens with zero attached hydrogens (tertiary/aromatic N) is 1. The number of thiazole rings is 1. The van der Waals surface area contributed by atoms with Crippen molar-refractivity contribution < 1.29 is 24.2 Å². The maximum atomic E-state index is 12.6. The molecule has 9 nitrogen and oxygen atoms in total. The van der Waals surface area contributed by atoms with Crippen LogP contribution in [0.1, 0.15) is 36.8 Å². The van der Waals surface area contributed by atoms with Crippen molar-refractivity contribution >= 4 is 23.3 Å². The third kappa shape index (κ3) is 7.88. The van der Waals surface area contributed by atoms with Gasteiger partial charge >= 0.3 is 11.0 Å². The molecule has 1 aromatic heterocycles. The smallest absolute Gasteiger partial charge is 0.408 e. The predicted octanol–water partition coefficient (Wildman–Crippen LogP) is 4.05. The molecule has 36 heavy (non-hydrogen) atoms. The third-order valence-corrected chi connectivity index (χ3v) is 5.89. The van der Waals surface area contributed by atoms with Crippen LogP contribution in [0.15, 0.2) is 53.3 Å². The summed E-state index contributed by atoms with van der Waals surface area (Å²) in [6.07, 6.45) is 0.0875. The predicted molar refractivity (Wildman–Crippen MR) is 138 cm³/mol. The molecule has 2 amide bonds. The van der Waals surface area contributed by atoms with E-state index in [2.05, 4.69) is 10.3 Å². The number of hydrogen-bond acceptors (Lipinski definition) is 7. The molecule has 3 aromatic rings. The summed E-state index contributed by atoms with van der Waals surface area (Å²) < 4.78 is 11.2. The standard InChI is InChI=1S/C26H31N3O6S/c1-26(2,3)35-24(32)27-20(23(31)29(4)5)14-16-6-10-18(11-7-16)34-19-12-8-17(9-13-19)15-21-22(30)28-25(33)36-21/h6-13,20,30H,14-15H2,1-5H3,(H,27,32)(H,28,33)/t20-/m0/s1. The number of aromatic nitrogens is 1. The first kappa shape index (κ1) is 26.8. The molecule has 0 aliphatic rings. The Morgan fingerprint density at radius 3 is 2.06 bits per heavy atom. The van der Waals surface area contributed by atoms with Crippen LogP contribution in [0.2, 0.25) is 0 Å². The molecular formula is C26H31N3O6S. The van der Waals surface area contributed by atoms with Gasteiger partial charge in [0.1, 0.15) is 23.1 Å². The van der Waals surface area contributed by atoms with Crippen LogP contribution in [0.3, 0.4) is 0 Å². The number of aromatic amines is 1. The second kappa shape index (κ2) is 11.3. The van der Waals surface area contributed by atoms with Crippen LogP contribution in [0, 0.1) is 0 Å². The summed E-state index contributed by atoms with van der Waals surface area (Å²) in [5.41, 5.74) is 1.11. The average Bonchev–Trinajstić information content (AvgIpc) is 3.10. The summed E-state index contributed by atoms with van der Waals surface area (Å²) in [6, 6.07) is 13.9. The van der Waals surface area contributed by atoms with Crippen LogP contribution in [0.4, 0.5) is 4.79 Å². The number of carbonyl (C=O) groups excluding carboxylic acids is 2. The lowest BCUT2D eigenvalue weighted by Crippen LogP contribution is -2.48. The van der Waals surface area contributed by atoms with Gasteiger partial charge < -0.3 is 24.8 Å². The average molecular weight is 514 g/mol. The van der Waals surface area contributed by atoms with E-state index in [-0.39, 0.29) is 16.7 Å². The van der Waals surface area contributed by atoms with Crippen molar-refractivity contribution in [1.82, 2.24) is 15.2 Å². The van der Waals surface area contributed by atoms with E-state index in [1.807, 2.05) is 36.4 Å². The number of carbonyl (C=O) groups is 2. The van der Waals surface area contributed by atoms with Crippen molar-refractivity contribution in [2.75, 3.05) is 14.1 Å². The van der Waals surface area contributed by atoms with Crippen molar-refractivity contribution in [2.24, 2.45) is 0 Å². The summed E-state index contributed by atoms with van der Waals surface area (Å²) in [5, 5.41) is 12.4. The van der Waals surface area contributed by atoms with Crippen LogP contribution in [-0.4, -0.2) is 52.7 Å². The Kier molecular flexibility index (Phi) is 8.41. The van der Waals surface area contributed by atoms with E-state index in [0.29, 0.717) is 29.2 Å². The SMILES string of the molecule is CN(C)C(=O)[C@H](Cc1ccc(Oc2ccc(Cc3sc(=O)[nH]c3O)cc2)cc1)NC(=O)OC(C)(C)C. The second-order valence-electron chi connectivity index (χ2n) is 9.49. The lowest BCUT2D eigenvalue weighted by molar-refractivity contribution is -0.130. The largest absolute Gasteiger partial charge is 0.494 e. The summed E-state index contributed by atoms with van der Waals surface area (Å²) in [4.78, 5) is 40.3. The Hall–Kier alpha value is -3.79. The maximum absolute atomic E-state index is 12.6. The van der Waals surface area contributed by atoms with E-state index in [1.54, 1.807) is 47.0 Å². The maximum Gasteiger partial charge on any atom is 0.408 e. The highest BCUT2D eigenvalue weighted by Crippen LogP contribution is 2.25. The third-order valence-electron chi connectivity index (χ3n) is 5.02. The van der Waals surface area contributed by atoms with Crippen molar-refractivity contribution in [3.8, 4) is 17.4 Å². The highest BCUT2D eigenvalue weighted by Gasteiger charge is 2.25. The lowest BCUT2D eigenvalue weighted by atomic mass is 10.0. The molecule has 192 valence electrons. The van der Waals surface area contributed by atoms with E-state index >= 15 is 0 Å². The first-order chi connectivity index (χ1) is 16.9. The molecule has 0 bridgehead atoms. The van der Waals surface area contributed by atoms with E-state index in [1.165, 1.54) is 4.90 Å². The Balaban J connectivity index is 1.62. The van der Waals surface area contributed by atoms with Crippen molar-refractivity contribution in [1.29, 1.82) is 0 Å². The Bertz CT molecular complexity index is 1240. The molecule has 3 N–H and O–H groups in total. The zero-order valence-electron chi connectivity index (χ0n) is 21.0. The molecule has 0 spiro atoms. The zero-order valence-corrected chi connectivity index (χ0v) is 21.8. The lowest BCUT2D eigenvalue weighted by Gasteiger charge is -2.25. The van der Waals surface area contributed by atoms with Crippen molar-refractivity contribution in [3.05, 3.63) is 74.2 Å². The van der Waals surface area contributed by atoms with Gasteiger partial charge in [-0.25, -0.2) is 4.79 Å². The van der Waals surface area contributed by atoms with Crippen LogP contribution < -0.4 is 14.9 Å². The number of alkyl carbamates (subject to hydrolysis) is 1. The fourth-order valence-corrected chi connectivity index (χ4v) is 4.12. The van der Waals surface area contributed by atoms with Crippen LogP contribution in [-0.2, 0) is 22.4 Å². The van der Waals surface area contributed by atoms with Crippen LogP contribution in [0.25, 0.3) is 0 Å². The molecule has 1 atom stereocenters. The molecule has 10 heteroatoms. The normalized spacial score (nSPS) is 12.0. The van der Waals surface area contributed by atoms with Gasteiger partial charge in [0.15, 0.2) is 0 Å². The van der Waals surface area contributed by atoms with Gasteiger partial charge in [-0.1, -0.05) is 35.6 Å². The molecule has 0 saturated heterocycles. The van der Waals surface area contributed by atoms with E-state index in [4.69, 9.17) is 9.47 Å². The Labute approximate surface area is 213 Å². The summed E-state index contributed by atoms with van der Waals surface area (Å²) in [7, 11) is 3.27. The highest BCUT2D eigenvalue weighted by atomic mass is 32.1. The molecular weight excluding hydrogens is 482 g/mol. The molecule has 1 heterocycles. The van der Waals surface area contributed by atoms with Gasteiger partial charge in [-0.3, -0.25) is 14.6 Å². The van der Waals surface area contributed by atoms with Gasteiger partial charge in [0.05, 0.1) is 4.88 Å². The number of H-pyrrole nitrogens is 1. The molecule has 3 rings (SSSR count). The van der Waals surface area contributed by atoms with Gasteiger partial charge in [0.25, 0.3) is 0 Å². The molecule has 0 fully saturated rings. The minimum Gasteiger partial charge on any atom is -0.494 e. The first-order valence-electron chi connectivity index (χ1n) is 11.4. The van der Waals surface area contributed by atoms with Crippen LogP contribution >= 0.6 is 11.3 Å². The van der Waals surface area contributed by atoms with Gasteiger partial charge in [0.2, 0.25) is 11.8 Å². The summed E-state index contributed by atoms with van der Waals surface area (Å²) in [5.74, 6) is 0.913. The van der Waals surface area contributed by atoms with Crippen LogP contribution in [0.5, 0.6) is 17.4 Å². The number of likely N-dealkylation sites (N-methyl/N-ethyl adjacent to an activating group) is 1. The number of hydrogen-bond donors (Lipinski definition) is 3. The van der Waals surface area contributed by atoms with E-state index < -0.39 is 17.7 Å². The number of amides is 2. The number of benzene rings is 2. The van der Waals surface area contributed by atoms with Crippen molar-refractivity contribution in [3.63, 3.8) is 0 Å². The number of aromatic hydroxyl groups is 1. The fraction of sp³-hybridized carbons (Fsp3) is 0.346. The van der Waals surface area contributed by atoms with E-state index in [9.17, 15) is 19.5 Å². The number of rotatable bonds is 8. The quantitative estimate of drug-likeness (QED) is 0.418. The monoisotopic (exact) mass is 513 g/mol. The molecule has 2 aromatic carbocycles. The molecule has 0 saturated carbocycles. The topological polar surface area (TPSA) is 121 Å².